The quantitative estimate of drug-likeness (QED) is 0.536. The molecule has 0 fully saturated rings. The lowest BCUT2D eigenvalue weighted by Gasteiger charge is -2.07. The Morgan fingerprint density at radius 2 is 1.96 bits per heavy atom. The summed E-state index contributed by atoms with van der Waals surface area (Å²) in [5, 5.41) is 10.1. The predicted octanol–water partition coefficient (Wildman–Crippen LogP) is 2.55. The Morgan fingerprint density at radius 1 is 1.15 bits per heavy atom. The molecule has 0 bridgehead atoms. The summed E-state index contributed by atoms with van der Waals surface area (Å²) in [7, 11) is 0. The maximum Gasteiger partial charge on any atom is 0.355 e. The lowest BCUT2D eigenvalue weighted by molar-refractivity contribution is -0.142. The van der Waals surface area contributed by atoms with E-state index in [2.05, 4.69) is 15.5 Å². The number of carbonyl (C=O) groups is 2. The first kappa shape index (κ1) is 17.2. The van der Waals surface area contributed by atoms with Gasteiger partial charge in [0.25, 0.3) is 11.8 Å². The number of furan rings is 1. The van der Waals surface area contributed by atoms with Crippen molar-refractivity contribution in [2.75, 3.05) is 0 Å². The molecule has 0 aliphatic heterocycles. The first-order valence-corrected chi connectivity index (χ1v) is 7.69. The Hall–Kier alpha value is -3.68. The van der Waals surface area contributed by atoms with Crippen LogP contribution < -0.4 is 5.32 Å². The molecule has 132 valence electrons. The monoisotopic (exact) mass is 353 g/mol. The fraction of sp³-hybridized carbons (Fsp3) is 0.111. The zero-order valence-corrected chi connectivity index (χ0v) is 13.8. The van der Waals surface area contributed by atoms with Gasteiger partial charge in [0.15, 0.2) is 12.4 Å². The van der Waals surface area contributed by atoms with Gasteiger partial charge >= 0.3 is 5.97 Å². The molecule has 1 amide bonds. The summed E-state index contributed by atoms with van der Waals surface area (Å²) in [4.78, 5) is 23.6. The van der Waals surface area contributed by atoms with Gasteiger partial charge in [-0.2, -0.15) is 0 Å². The third-order valence-corrected chi connectivity index (χ3v) is 3.17. The molecule has 0 saturated heterocycles. The molecule has 1 N–H and O–H groups in total. The van der Waals surface area contributed by atoms with Gasteiger partial charge in [0, 0.05) is 6.92 Å². The standard InChI is InChI=1S/C18H15N3O5/c1-12(22)19-14(10-13-6-3-2-4-7-13)18(23)25-11-16-20-21-17(26-16)15-8-5-9-24-15/h2-10H,11H2,1H3,(H,19,22)/b14-10-. The number of amides is 1. The molecule has 0 spiro atoms. The molecule has 0 saturated carbocycles. The van der Waals surface area contributed by atoms with E-state index in [1.165, 1.54) is 19.3 Å². The number of nitrogens with one attached hydrogen (secondary N) is 1. The van der Waals surface area contributed by atoms with E-state index in [0.29, 0.717) is 5.76 Å². The van der Waals surface area contributed by atoms with Gasteiger partial charge in [-0.15, -0.1) is 10.2 Å². The molecule has 3 rings (SSSR count). The highest BCUT2D eigenvalue weighted by molar-refractivity contribution is 5.97. The van der Waals surface area contributed by atoms with Gasteiger partial charge in [-0.1, -0.05) is 30.3 Å². The van der Waals surface area contributed by atoms with E-state index in [4.69, 9.17) is 13.6 Å². The summed E-state index contributed by atoms with van der Waals surface area (Å²) in [5.41, 5.74) is 0.751. The van der Waals surface area contributed by atoms with Crippen LogP contribution in [0.4, 0.5) is 0 Å². The lowest BCUT2D eigenvalue weighted by Crippen LogP contribution is -2.26. The predicted molar refractivity (Wildman–Crippen MR) is 90.0 cm³/mol. The summed E-state index contributed by atoms with van der Waals surface area (Å²) in [6.07, 6.45) is 3.00. The molecule has 0 aliphatic rings. The number of nitrogens with zero attached hydrogens (tertiary/aromatic N) is 2. The molecule has 0 radical (unpaired) electrons. The number of ether oxygens (including phenoxy) is 1. The van der Waals surface area contributed by atoms with Crippen molar-refractivity contribution in [1.29, 1.82) is 0 Å². The molecule has 8 nitrogen and oxygen atoms in total. The molecule has 2 heterocycles. The van der Waals surface area contributed by atoms with Crippen LogP contribution in [-0.2, 0) is 20.9 Å². The van der Waals surface area contributed by atoms with E-state index >= 15 is 0 Å². The van der Waals surface area contributed by atoms with Crippen molar-refractivity contribution in [2.24, 2.45) is 0 Å². The van der Waals surface area contributed by atoms with E-state index < -0.39 is 5.97 Å². The summed E-state index contributed by atoms with van der Waals surface area (Å²) in [5.74, 6) is -0.406. The van der Waals surface area contributed by atoms with Crippen molar-refractivity contribution in [3.05, 3.63) is 65.9 Å². The number of rotatable bonds is 6. The maximum absolute atomic E-state index is 12.3. The van der Waals surface area contributed by atoms with E-state index in [-0.39, 0.29) is 30.0 Å². The zero-order valence-electron chi connectivity index (χ0n) is 13.8. The largest absolute Gasteiger partial charge is 0.459 e. The zero-order chi connectivity index (χ0) is 18.4. The highest BCUT2D eigenvalue weighted by Gasteiger charge is 2.16. The summed E-state index contributed by atoms with van der Waals surface area (Å²) in [6.45, 7) is 1.07. The Morgan fingerprint density at radius 3 is 2.65 bits per heavy atom. The third-order valence-electron chi connectivity index (χ3n) is 3.17. The fourth-order valence-corrected chi connectivity index (χ4v) is 2.07. The van der Waals surface area contributed by atoms with Crippen LogP contribution >= 0.6 is 0 Å². The van der Waals surface area contributed by atoms with Crippen molar-refractivity contribution in [2.45, 2.75) is 13.5 Å². The summed E-state index contributed by atoms with van der Waals surface area (Å²) >= 11 is 0. The average Bonchev–Trinajstić information content (AvgIpc) is 3.31. The molecule has 8 heteroatoms. The van der Waals surface area contributed by atoms with Crippen molar-refractivity contribution >= 4 is 18.0 Å². The number of carbonyl (C=O) groups excluding carboxylic acids is 2. The second-order valence-corrected chi connectivity index (χ2v) is 5.20. The van der Waals surface area contributed by atoms with E-state index in [9.17, 15) is 9.59 Å². The molecule has 1 aromatic carbocycles. The number of aromatic nitrogens is 2. The molecule has 3 aromatic rings. The van der Waals surface area contributed by atoms with Gasteiger partial charge in [-0.05, 0) is 23.8 Å². The first-order chi connectivity index (χ1) is 12.6. The Labute approximate surface area is 148 Å². The maximum atomic E-state index is 12.3. The normalized spacial score (nSPS) is 11.2. The van der Waals surface area contributed by atoms with Gasteiger partial charge in [0.1, 0.15) is 5.70 Å². The van der Waals surface area contributed by atoms with Crippen LogP contribution in [0.1, 0.15) is 18.4 Å². The smallest absolute Gasteiger partial charge is 0.355 e. The van der Waals surface area contributed by atoms with Crippen LogP contribution in [0.25, 0.3) is 17.7 Å². The van der Waals surface area contributed by atoms with Gasteiger partial charge in [0.2, 0.25) is 5.91 Å². The topological polar surface area (TPSA) is 107 Å². The molecule has 26 heavy (non-hydrogen) atoms. The molecule has 0 unspecified atom stereocenters. The van der Waals surface area contributed by atoms with Crippen molar-refractivity contribution in [3.8, 4) is 11.7 Å². The SMILES string of the molecule is CC(=O)N/C(=C\c1ccccc1)C(=O)OCc1nnc(-c2ccco2)o1. The van der Waals surface area contributed by atoms with Crippen LogP contribution in [-0.4, -0.2) is 22.1 Å². The second-order valence-electron chi connectivity index (χ2n) is 5.20. The molecular weight excluding hydrogens is 338 g/mol. The fourth-order valence-electron chi connectivity index (χ4n) is 2.07. The Bertz CT molecular complexity index is 913. The van der Waals surface area contributed by atoms with Gasteiger partial charge in [-0.3, -0.25) is 4.79 Å². The average molecular weight is 353 g/mol. The molecule has 0 aliphatic carbocycles. The van der Waals surface area contributed by atoms with Crippen LogP contribution in [0.3, 0.4) is 0 Å². The Kier molecular flexibility index (Phi) is 5.23. The second kappa shape index (κ2) is 7.93. The molecule has 2 aromatic heterocycles. The van der Waals surface area contributed by atoms with Crippen LogP contribution in [0.5, 0.6) is 0 Å². The molecule has 0 atom stereocenters. The third kappa shape index (κ3) is 4.44. The van der Waals surface area contributed by atoms with E-state index in [0.717, 1.165) is 5.56 Å². The van der Waals surface area contributed by atoms with Gasteiger partial charge in [0.05, 0.1) is 6.26 Å². The van der Waals surface area contributed by atoms with Gasteiger partial charge in [-0.25, -0.2) is 4.79 Å². The number of hydrogen-bond donors (Lipinski definition) is 1. The van der Waals surface area contributed by atoms with Crippen molar-refractivity contribution < 1.29 is 23.2 Å². The number of hydrogen-bond acceptors (Lipinski definition) is 7. The van der Waals surface area contributed by atoms with Crippen LogP contribution in [0.2, 0.25) is 0 Å². The van der Waals surface area contributed by atoms with E-state index in [1.54, 1.807) is 24.3 Å². The van der Waals surface area contributed by atoms with E-state index in [1.807, 2.05) is 18.2 Å². The first-order valence-electron chi connectivity index (χ1n) is 7.69. The number of esters is 1. The molecular formula is C18H15N3O5. The van der Waals surface area contributed by atoms with Crippen LogP contribution in [0.15, 0.2) is 63.3 Å². The summed E-state index contributed by atoms with van der Waals surface area (Å²) < 4.78 is 15.6. The lowest BCUT2D eigenvalue weighted by atomic mass is 10.2. The van der Waals surface area contributed by atoms with Gasteiger partial charge < -0.3 is 18.9 Å². The minimum Gasteiger partial charge on any atom is -0.459 e. The van der Waals surface area contributed by atoms with Crippen molar-refractivity contribution in [1.82, 2.24) is 15.5 Å². The Balaban J connectivity index is 1.68. The highest BCUT2D eigenvalue weighted by Crippen LogP contribution is 2.18. The summed E-state index contributed by atoms with van der Waals surface area (Å²) in [6, 6.07) is 12.4. The number of benzene rings is 1. The minimum absolute atomic E-state index is 0.00877. The highest BCUT2D eigenvalue weighted by atomic mass is 16.5. The van der Waals surface area contributed by atoms with Crippen molar-refractivity contribution in [3.63, 3.8) is 0 Å². The van der Waals surface area contributed by atoms with Crippen LogP contribution in [0, 0.1) is 0 Å². The minimum atomic E-state index is -0.721.